The zero-order valence-electron chi connectivity index (χ0n) is 13.3. The van der Waals surface area contributed by atoms with Crippen molar-refractivity contribution < 1.29 is 4.39 Å². The molecule has 0 saturated carbocycles. The molecule has 0 aliphatic rings. The average Bonchev–Trinajstić information content (AvgIpc) is 2.70. The largest absolute Gasteiger partial charge is 0.369 e. The molecule has 1 aromatic carbocycles. The third-order valence-electron chi connectivity index (χ3n) is 3.97. The second-order valence-corrected chi connectivity index (χ2v) is 6.31. The highest BCUT2D eigenvalue weighted by Crippen LogP contribution is 2.22. The molecule has 1 aromatic heterocycles. The van der Waals surface area contributed by atoms with Crippen LogP contribution in [0.2, 0.25) is 0 Å². The minimum atomic E-state index is -0.221. The molecule has 0 atom stereocenters. The molecular weight excluding hydrogens is 265 g/mol. The predicted molar refractivity (Wildman–Crippen MR) is 86.8 cm³/mol. The first kappa shape index (κ1) is 15.8. The lowest BCUT2D eigenvalue weighted by Gasteiger charge is -2.08. The number of nitrogen functional groups attached to an aromatic ring is 1. The fraction of sp³-hybridized carbons (Fsp3) is 0.588. The van der Waals surface area contributed by atoms with Gasteiger partial charge in [-0.05, 0) is 30.9 Å². The van der Waals surface area contributed by atoms with Crippen molar-refractivity contribution in [2.45, 2.75) is 59.4 Å². The molecule has 2 aromatic rings. The third kappa shape index (κ3) is 3.96. The zero-order chi connectivity index (χ0) is 15.4. The zero-order valence-corrected chi connectivity index (χ0v) is 13.3. The second kappa shape index (κ2) is 6.92. The molecule has 2 rings (SSSR count). The fourth-order valence-corrected chi connectivity index (χ4v) is 2.68. The van der Waals surface area contributed by atoms with Crippen molar-refractivity contribution in [2.75, 3.05) is 5.73 Å². The van der Waals surface area contributed by atoms with E-state index in [2.05, 4.69) is 18.8 Å². The minimum Gasteiger partial charge on any atom is -0.369 e. The number of nitrogens with two attached hydrogens (primary N) is 1. The summed E-state index contributed by atoms with van der Waals surface area (Å²) in [5, 5.41) is 0. The number of halogens is 1. The second-order valence-electron chi connectivity index (χ2n) is 6.31. The summed E-state index contributed by atoms with van der Waals surface area (Å²) in [6.07, 6.45) is 6.14. The van der Waals surface area contributed by atoms with Gasteiger partial charge in [0.25, 0.3) is 0 Å². The summed E-state index contributed by atoms with van der Waals surface area (Å²) < 4.78 is 15.6. The van der Waals surface area contributed by atoms with Gasteiger partial charge in [0.2, 0.25) is 5.95 Å². The summed E-state index contributed by atoms with van der Waals surface area (Å²) >= 11 is 0. The smallest absolute Gasteiger partial charge is 0.201 e. The number of unbranched alkanes of at least 4 members (excludes halogenated alkanes) is 3. The van der Waals surface area contributed by atoms with E-state index < -0.39 is 0 Å². The van der Waals surface area contributed by atoms with Crippen LogP contribution in [0.4, 0.5) is 10.3 Å². The summed E-state index contributed by atoms with van der Waals surface area (Å²) in [6.45, 7) is 7.16. The summed E-state index contributed by atoms with van der Waals surface area (Å²) in [4.78, 5) is 4.25. The number of rotatable bonds is 7. The van der Waals surface area contributed by atoms with Gasteiger partial charge in [0.05, 0.1) is 11.0 Å². The van der Waals surface area contributed by atoms with Gasteiger partial charge in [0.1, 0.15) is 5.82 Å². The molecule has 0 unspecified atom stereocenters. The summed E-state index contributed by atoms with van der Waals surface area (Å²) in [5.41, 5.74) is 8.19. The van der Waals surface area contributed by atoms with Gasteiger partial charge in [0, 0.05) is 12.6 Å². The van der Waals surface area contributed by atoms with Crippen LogP contribution in [-0.4, -0.2) is 9.55 Å². The molecule has 21 heavy (non-hydrogen) atoms. The highest BCUT2D eigenvalue weighted by molar-refractivity contribution is 5.79. The van der Waals surface area contributed by atoms with Gasteiger partial charge in [-0.25, -0.2) is 9.37 Å². The lowest BCUT2D eigenvalue weighted by atomic mass is 10.0. The van der Waals surface area contributed by atoms with Crippen molar-refractivity contribution in [3.63, 3.8) is 0 Å². The molecule has 0 amide bonds. The monoisotopic (exact) mass is 291 g/mol. The van der Waals surface area contributed by atoms with Crippen molar-refractivity contribution in [1.29, 1.82) is 0 Å². The van der Waals surface area contributed by atoms with Crippen LogP contribution in [-0.2, 0) is 6.54 Å². The van der Waals surface area contributed by atoms with Crippen LogP contribution in [0.25, 0.3) is 11.0 Å². The molecule has 116 valence electrons. The van der Waals surface area contributed by atoms with Crippen molar-refractivity contribution in [2.24, 2.45) is 5.92 Å². The van der Waals surface area contributed by atoms with Crippen LogP contribution in [0.5, 0.6) is 0 Å². The number of imidazole rings is 1. The number of hydrogen-bond donors (Lipinski definition) is 1. The number of aromatic nitrogens is 2. The standard InChI is InChI=1S/C17H26FN3/c1-12(2)8-6-4-5-7-9-21-16-10-13(3)14(18)11-15(16)20-17(21)19/h10-12H,4-9H2,1-3H3,(H2,19,20). The number of aryl methyl sites for hydroxylation is 2. The van der Waals surface area contributed by atoms with E-state index in [0.717, 1.165) is 24.4 Å². The maximum absolute atomic E-state index is 13.6. The molecule has 0 fully saturated rings. The number of benzene rings is 1. The van der Waals surface area contributed by atoms with E-state index in [-0.39, 0.29) is 5.82 Å². The number of fused-ring (bicyclic) bond motifs is 1. The predicted octanol–water partition coefficient (Wildman–Crippen LogP) is 4.67. The molecule has 0 spiro atoms. The topological polar surface area (TPSA) is 43.8 Å². The molecule has 2 N–H and O–H groups in total. The number of anilines is 1. The van der Waals surface area contributed by atoms with Gasteiger partial charge >= 0.3 is 0 Å². The van der Waals surface area contributed by atoms with Gasteiger partial charge < -0.3 is 10.3 Å². The minimum absolute atomic E-state index is 0.221. The molecule has 0 radical (unpaired) electrons. The third-order valence-corrected chi connectivity index (χ3v) is 3.97. The molecule has 4 heteroatoms. The van der Waals surface area contributed by atoms with Crippen molar-refractivity contribution in [3.05, 3.63) is 23.5 Å². The van der Waals surface area contributed by atoms with Gasteiger partial charge in [-0.1, -0.05) is 39.5 Å². The maximum Gasteiger partial charge on any atom is 0.201 e. The molecule has 0 aliphatic heterocycles. The van der Waals surface area contributed by atoms with Crippen LogP contribution >= 0.6 is 0 Å². The van der Waals surface area contributed by atoms with Crippen LogP contribution in [0.15, 0.2) is 12.1 Å². The van der Waals surface area contributed by atoms with Gasteiger partial charge in [-0.15, -0.1) is 0 Å². The maximum atomic E-state index is 13.6. The Kier molecular flexibility index (Phi) is 5.21. The van der Waals surface area contributed by atoms with Crippen LogP contribution in [0.1, 0.15) is 51.5 Å². The van der Waals surface area contributed by atoms with Gasteiger partial charge in [0.15, 0.2) is 0 Å². The quantitative estimate of drug-likeness (QED) is 0.753. The van der Waals surface area contributed by atoms with E-state index in [4.69, 9.17) is 5.73 Å². The van der Waals surface area contributed by atoms with Crippen LogP contribution in [0.3, 0.4) is 0 Å². The highest BCUT2D eigenvalue weighted by atomic mass is 19.1. The van der Waals surface area contributed by atoms with Gasteiger partial charge in [-0.3, -0.25) is 0 Å². The summed E-state index contributed by atoms with van der Waals surface area (Å²) in [6, 6.07) is 3.31. The molecule has 0 saturated heterocycles. The summed E-state index contributed by atoms with van der Waals surface area (Å²) in [5.74, 6) is 1.05. The van der Waals surface area contributed by atoms with E-state index in [1.54, 1.807) is 6.92 Å². The van der Waals surface area contributed by atoms with E-state index in [0.29, 0.717) is 17.0 Å². The lowest BCUT2D eigenvalue weighted by Crippen LogP contribution is -2.03. The first-order valence-electron chi connectivity index (χ1n) is 7.91. The molecule has 3 nitrogen and oxygen atoms in total. The summed E-state index contributed by atoms with van der Waals surface area (Å²) in [7, 11) is 0. The SMILES string of the molecule is Cc1cc2c(cc1F)nc(N)n2CCCCCCC(C)C. The molecule has 0 aliphatic carbocycles. The van der Waals surface area contributed by atoms with Gasteiger partial charge in [-0.2, -0.15) is 0 Å². The lowest BCUT2D eigenvalue weighted by molar-refractivity contribution is 0.508. The first-order valence-corrected chi connectivity index (χ1v) is 7.91. The van der Waals surface area contributed by atoms with Crippen LogP contribution < -0.4 is 5.73 Å². The fourth-order valence-electron chi connectivity index (χ4n) is 2.68. The number of nitrogens with zero attached hydrogens (tertiary/aromatic N) is 2. The van der Waals surface area contributed by atoms with E-state index in [1.807, 2.05) is 10.6 Å². The molecule has 1 heterocycles. The van der Waals surface area contributed by atoms with E-state index >= 15 is 0 Å². The van der Waals surface area contributed by atoms with E-state index in [9.17, 15) is 4.39 Å². The Morgan fingerprint density at radius 1 is 1.19 bits per heavy atom. The highest BCUT2D eigenvalue weighted by Gasteiger charge is 2.10. The van der Waals surface area contributed by atoms with Crippen molar-refractivity contribution in [3.8, 4) is 0 Å². The average molecular weight is 291 g/mol. The Labute approximate surface area is 126 Å². The van der Waals surface area contributed by atoms with Crippen molar-refractivity contribution in [1.82, 2.24) is 9.55 Å². The molecule has 0 bridgehead atoms. The normalized spacial score (nSPS) is 11.7. The Hall–Kier alpha value is -1.58. The van der Waals surface area contributed by atoms with Crippen LogP contribution in [0, 0.1) is 18.7 Å². The number of hydrogen-bond acceptors (Lipinski definition) is 2. The molecular formula is C17H26FN3. The Bertz CT molecular complexity index is 602. The Morgan fingerprint density at radius 3 is 2.62 bits per heavy atom. The van der Waals surface area contributed by atoms with E-state index in [1.165, 1.54) is 31.7 Å². The van der Waals surface area contributed by atoms with Crippen molar-refractivity contribution >= 4 is 17.0 Å². The Balaban J connectivity index is 1.95. The Morgan fingerprint density at radius 2 is 1.90 bits per heavy atom. The first-order chi connectivity index (χ1) is 9.99.